The van der Waals surface area contributed by atoms with E-state index in [1.807, 2.05) is 26.0 Å². The number of rotatable bonds is 3. The maximum Gasteiger partial charge on any atom is 0.0840 e. The summed E-state index contributed by atoms with van der Waals surface area (Å²) in [6.45, 7) is 7.17. The van der Waals surface area contributed by atoms with Crippen LogP contribution in [0.15, 0.2) is 24.3 Å². The fourth-order valence-electron chi connectivity index (χ4n) is 2.57. The lowest BCUT2D eigenvalue weighted by Gasteiger charge is -2.21. The van der Waals surface area contributed by atoms with Crippen LogP contribution in [-0.4, -0.2) is 23.1 Å². The van der Waals surface area contributed by atoms with Crippen molar-refractivity contribution in [3.63, 3.8) is 0 Å². The quantitative estimate of drug-likeness (QED) is 0.886. The van der Waals surface area contributed by atoms with Gasteiger partial charge in [-0.3, -0.25) is 4.90 Å². The monoisotopic (exact) mass is 247 g/mol. The second-order valence-corrected chi connectivity index (χ2v) is 5.95. The van der Waals surface area contributed by atoms with Crippen LogP contribution < -0.4 is 0 Å². The van der Waals surface area contributed by atoms with Crippen LogP contribution in [0, 0.1) is 0 Å². The van der Waals surface area contributed by atoms with Gasteiger partial charge in [0.1, 0.15) is 0 Å². The van der Waals surface area contributed by atoms with Crippen LogP contribution in [0.4, 0.5) is 0 Å². The molecule has 1 fully saturated rings. The summed E-state index contributed by atoms with van der Waals surface area (Å²) in [5.74, 6) is 0. The minimum absolute atomic E-state index is 0.735. The molecule has 0 unspecified atom stereocenters. The topological polar surface area (TPSA) is 23.5 Å². The molecule has 0 radical (unpaired) electrons. The molecule has 1 aromatic carbocycles. The normalized spacial score (nSPS) is 18.6. The van der Waals surface area contributed by atoms with Gasteiger partial charge in [0.05, 0.1) is 5.60 Å². The summed E-state index contributed by atoms with van der Waals surface area (Å²) < 4.78 is 0. The lowest BCUT2D eigenvalue weighted by atomic mass is 9.97. The van der Waals surface area contributed by atoms with Gasteiger partial charge in [0.2, 0.25) is 0 Å². The Morgan fingerprint density at radius 3 is 2.06 bits per heavy atom. The zero-order valence-corrected chi connectivity index (χ0v) is 11.7. The molecule has 2 rings (SSSR count). The van der Waals surface area contributed by atoms with Gasteiger partial charge in [-0.2, -0.15) is 0 Å². The van der Waals surface area contributed by atoms with Crippen molar-refractivity contribution in [2.45, 2.75) is 51.7 Å². The van der Waals surface area contributed by atoms with Gasteiger partial charge in [-0.15, -0.1) is 0 Å². The molecule has 1 aliphatic heterocycles. The molecule has 100 valence electrons. The average molecular weight is 247 g/mol. The highest BCUT2D eigenvalue weighted by atomic mass is 16.3. The molecule has 2 nitrogen and oxygen atoms in total. The third kappa shape index (κ3) is 3.82. The molecule has 0 aromatic heterocycles. The fourth-order valence-corrected chi connectivity index (χ4v) is 2.57. The molecule has 1 aliphatic rings. The van der Waals surface area contributed by atoms with Crippen molar-refractivity contribution in [3.8, 4) is 0 Å². The smallest absolute Gasteiger partial charge is 0.0840 e. The molecule has 1 saturated heterocycles. The molecule has 0 amide bonds. The predicted octanol–water partition coefficient (Wildman–Crippen LogP) is 3.29. The Balaban J connectivity index is 1.97. The zero-order chi connectivity index (χ0) is 13.0. The molecule has 0 atom stereocenters. The first-order valence-corrected chi connectivity index (χ1v) is 7.10. The van der Waals surface area contributed by atoms with Gasteiger partial charge < -0.3 is 5.11 Å². The van der Waals surface area contributed by atoms with E-state index < -0.39 is 5.60 Å². The minimum Gasteiger partial charge on any atom is -0.386 e. The molecule has 18 heavy (non-hydrogen) atoms. The Labute approximate surface area is 111 Å². The third-order valence-electron chi connectivity index (χ3n) is 3.77. The molecule has 0 saturated carbocycles. The van der Waals surface area contributed by atoms with Crippen molar-refractivity contribution in [1.29, 1.82) is 0 Å². The van der Waals surface area contributed by atoms with Crippen molar-refractivity contribution in [2.24, 2.45) is 0 Å². The van der Waals surface area contributed by atoms with Gasteiger partial charge in [0.25, 0.3) is 0 Å². The summed E-state index contributed by atoms with van der Waals surface area (Å²) >= 11 is 0. The van der Waals surface area contributed by atoms with E-state index in [0.717, 1.165) is 12.1 Å². The summed E-state index contributed by atoms with van der Waals surface area (Å²) in [4.78, 5) is 2.55. The minimum atomic E-state index is -0.735. The van der Waals surface area contributed by atoms with Crippen LogP contribution in [0.5, 0.6) is 0 Å². The Morgan fingerprint density at radius 2 is 1.56 bits per heavy atom. The van der Waals surface area contributed by atoms with E-state index in [4.69, 9.17) is 0 Å². The number of hydrogen-bond donors (Lipinski definition) is 1. The summed E-state index contributed by atoms with van der Waals surface area (Å²) in [7, 11) is 0. The highest BCUT2D eigenvalue weighted by Crippen LogP contribution is 2.20. The Kier molecular flexibility index (Phi) is 4.41. The second-order valence-electron chi connectivity index (χ2n) is 5.95. The largest absolute Gasteiger partial charge is 0.386 e. The Morgan fingerprint density at radius 1 is 1.00 bits per heavy atom. The van der Waals surface area contributed by atoms with Crippen LogP contribution in [0.1, 0.15) is 50.7 Å². The molecule has 0 aliphatic carbocycles. The van der Waals surface area contributed by atoms with Crippen molar-refractivity contribution >= 4 is 0 Å². The first-order chi connectivity index (χ1) is 8.55. The van der Waals surface area contributed by atoms with Crippen molar-refractivity contribution in [2.75, 3.05) is 13.1 Å². The van der Waals surface area contributed by atoms with Crippen molar-refractivity contribution in [3.05, 3.63) is 35.4 Å². The molecule has 0 spiro atoms. The second kappa shape index (κ2) is 5.85. The van der Waals surface area contributed by atoms with Gasteiger partial charge >= 0.3 is 0 Å². The number of likely N-dealkylation sites (tertiary alicyclic amines) is 1. The van der Waals surface area contributed by atoms with Crippen LogP contribution in [0.2, 0.25) is 0 Å². The van der Waals surface area contributed by atoms with Gasteiger partial charge in [-0.25, -0.2) is 0 Å². The van der Waals surface area contributed by atoms with E-state index in [1.54, 1.807) is 0 Å². The summed E-state index contributed by atoms with van der Waals surface area (Å²) in [5, 5.41) is 9.93. The van der Waals surface area contributed by atoms with Crippen molar-refractivity contribution in [1.82, 2.24) is 4.90 Å². The van der Waals surface area contributed by atoms with Crippen LogP contribution in [-0.2, 0) is 12.1 Å². The zero-order valence-electron chi connectivity index (χ0n) is 11.7. The number of hydrogen-bond acceptors (Lipinski definition) is 2. The van der Waals surface area contributed by atoms with Crippen LogP contribution >= 0.6 is 0 Å². The predicted molar refractivity (Wildman–Crippen MR) is 75.4 cm³/mol. The van der Waals surface area contributed by atoms with E-state index in [1.165, 1.54) is 44.3 Å². The summed E-state index contributed by atoms with van der Waals surface area (Å²) in [6, 6.07) is 8.40. The third-order valence-corrected chi connectivity index (χ3v) is 3.77. The van der Waals surface area contributed by atoms with Gasteiger partial charge in [-0.1, -0.05) is 37.1 Å². The molecule has 0 bridgehead atoms. The highest BCUT2D eigenvalue weighted by Gasteiger charge is 2.15. The Hall–Kier alpha value is -0.860. The Bertz CT molecular complexity index is 356. The number of nitrogens with zero attached hydrogens (tertiary/aromatic N) is 1. The van der Waals surface area contributed by atoms with Gasteiger partial charge in [0, 0.05) is 6.54 Å². The molecular weight excluding hydrogens is 222 g/mol. The van der Waals surface area contributed by atoms with Crippen LogP contribution in [0.3, 0.4) is 0 Å². The van der Waals surface area contributed by atoms with Gasteiger partial charge in [0.15, 0.2) is 0 Å². The van der Waals surface area contributed by atoms with E-state index in [9.17, 15) is 5.11 Å². The van der Waals surface area contributed by atoms with E-state index >= 15 is 0 Å². The summed E-state index contributed by atoms with van der Waals surface area (Å²) in [5.41, 5.74) is 1.60. The first-order valence-electron chi connectivity index (χ1n) is 7.10. The van der Waals surface area contributed by atoms with E-state index in [2.05, 4.69) is 17.0 Å². The lowest BCUT2D eigenvalue weighted by molar-refractivity contribution is 0.0786. The average Bonchev–Trinajstić information content (AvgIpc) is 2.57. The maximum absolute atomic E-state index is 9.93. The SMILES string of the molecule is CC(C)(O)c1ccc(CN2CCCCCC2)cc1. The highest BCUT2D eigenvalue weighted by molar-refractivity contribution is 5.26. The van der Waals surface area contributed by atoms with E-state index in [0.29, 0.717) is 0 Å². The number of aliphatic hydroxyl groups is 1. The van der Waals surface area contributed by atoms with Crippen molar-refractivity contribution < 1.29 is 5.11 Å². The molecule has 1 N–H and O–H groups in total. The molecule has 2 heteroatoms. The standard InChI is InChI=1S/C16H25NO/c1-16(2,18)15-9-7-14(8-10-15)13-17-11-5-3-4-6-12-17/h7-10,18H,3-6,11-13H2,1-2H3. The van der Waals surface area contributed by atoms with E-state index in [-0.39, 0.29) is 0 Å². The van der Waals surface area contributed by atoms with Gasteiger partial charge in [-0.05, 0) is 50.9 Å². The maximum atomic E-state index is 9.93. The fraction of sp³-hybridized carbons (Fsp3) is 0.625. The number of benzene rings is 1. The lowest BCUT2D eigenvalue weighted by Crippen LogP contribution is -2.24. The van der Waals surface area contributed by atoms with Crippen LogP contribution in [0.25, 0.3) is 0 Å². The molecular formula is C16H25NO. The summed E-state index contributed by atoms with van der Waals surface area (Å²) in [6.07, 6.45) is 5.44. The molecule has 1 heterocycles. The first kappa shape index (κ1) is 13.6. The molecule has 1 aromatic rings.